The Balaban J connectivity index is 2.27. The van der Waals surface area contributed by atoms with Gasteiger partial charge in [-0.2, -0.15) is 0 Å². The first-order chi connectivity index (χ1) is 9.51. The second-order valence-corrected chi connectivity index (χ2v) is 5.44. The molecule has 0 spiro atoms. The minimum Gasteiger partial charge on any atom is -0.495 e. The fourth-order valence-electron chi connectivity index (χ4n) is 1.63. The number of nitrogens with one attached hydrogen (secondary N) is 1. The number of aromatic nitrogens is 1. The van der Waals surface area contributed by atoms with Gasteiger partial charge in [0, 0.05) is 21.8 Å². The molecule has 0 saturated heterocycles. The van der Waals surface area contributed by atoms with Crippen LogP contribution in [-0.2, 0) is 0 Å². The lowest BCUT2D eigenvalue weighted by molar-refractivity contribution is 0.102. The fraction of sp³-hybridized carbons (Fsp3) is 0.143. The number of carbonyl (C=O) groups is 1. The minimum absolute atomic E-state index is 0.308. The Hall–Kier alpha value is -1.59. The number of carbonyl (C=O) groups excluding carboxylic acids is 1. The normalized spacial score (nSPS) is 10.2. The second kappa shape index (κ2) is 6.24. The van der Waals surface area contributed by atoms with Crippen LogP contribution in [0.5, 0.6) is 5.75 Å². The summed E-state index contributed by atoms with van der Waals surface area (Å²) >= 11 is 9.30. The predicted molar refractivity (Wildman–Crippen MR) is 82.6 cm³/mol. The van der Waals surface area contributed by atoms with Gasteiger partial charge in [-0.05, 0) is 46.6 Å². The molecule has 0 aliphatic rings. The number of ether oxygens (including phenoxy) is 1. The third-order valence-corrected chi connectivity index (χ3v) is 3.57. The first-order valence-corrected chi connectivity index (χ1v) is 6.95. The van der Waals surface area contributed by atoms with Crippen molar-refractivity contribution in [1.29, 1.82) is 0 Å². The number of methoxy groups -OCH3 is 1. The summed E-state index contributed by atoms with van der Waals surface area (Å²) in [5.41, 5.74) is 1.73. The first-order valence-electron chi connectivity index (χ1n) is 5.78. The Morgan fingerprint density at radius 2 is 2.15 bits per heavy atom. The number of rotatable bonds is 3. The largest absolute Gasteiger partial charge is 0.495 e. The van der Waals surface area contributed by atoms with E-state index in [4.69, 9.17) is 16.3 Å². The van der Waals surface area contributed by atoms with Crippen LogP contribution in [0.1, 0.15) is 16.1 Å². The molecule has 2 aromatic rings. The van der Waals surface area contributed by atoms with Gasteiger partial charge in [0.2, 0.25) is 0 Å². The summed E-state index contributed by atoms with van der Waals surface area (Å²) in [4.78, 5) is 16.2. The number of benzene rings is 1. The van der Waals surface area contributed by atoms with Crippen molar-refractivity contribution in [1.82, 2.24) is 4.98 Å². The molecular weight excluding hydrogens is 344 g/mol. The Morgan fingerprint density at radius 1 is 1.40 bits per heavy atom. The number of anilines is 1. The van der Waals surface area contributed by atoms with Gasteiger partial charge < -0.3 is 10.1 Å². The molecule has 0 atom stereocenters. The minimum atomic E-state index is -0.308. The number of hydrogen-bond acceptors (Lipinski definition) is 3. The molecule has 104 valence electrons. The maximum absolute atomic E-state index is 12.1. The molecule has 20 heavy (non-hydrogen) atoms. The molecule has 1 amide bonds. The van der Waals surface area contributed by atoms with Crippen molar-refractivity contribution in [2.75, 3.05) is 12.4 Å². The lowest BCUT2D eigenvalue weighted by atomic mass is 10.2. The fourth-order valence-corrected chi connectivity index (χ4v) is 2.01. The summed E-state index contributed by atoms with van der Waals surface area (Å²) in [7, 11) is 1.52. The highest BCUT2D eigenvalue weighted by molar-refractivity contribution is 9.10. The van der Waals surface area contributed by atoms with Crippen LogP contribution in [0.2, 0.25) is 5.02 Å². The van der Waals surface area contributed by atoms with E-state index in [1.807, 2.05) is 6.92 Å². The zero-order valence-electron chi connectivity index (χ0n) is 10.9. The first kappa shape index (κ1) is 14.8. The van der Waals surface area contributed by atoms with E-state index in [0.717, 1.165) is 10.0 Å². The van der Waals surface area contributed by atoms with E-state index in [1.54, 1.807) is 30.5 Å². The monoisotopic (exact) mass is 354 g/mol. The van der Waals surface area contributed by atoms with Crippen molar-refractivity contribution < 1.29 is 9.53 Å². The lowest BCUT2D eigenvalue weighted by Crippen LogP contribution is -2.14. The molecule has 0 aliphatic heterocycles. The van der Waals surface area contributed by atoms with E-state index in [2.05, 4.69) is 26.2 Å². The summed E-state index contributed by atoms with van der Waals surface area (Å²) in [5, 5.41) is 3.35. The van der Waals surface area contributed by atoms with Gasteiger partial charge in [0.05, 0.1) is 12.8 Å². The quantitative estimate of drug-likeness (QED) is 0.903. The maximum atomic E-state index is 12.1. The molecule has 4 nitrogen and oxygen atoms in total. The standard InChI is InChI=1S/C14H12BrClN2O2/c1-8-5-12(13(20-2)6-10(8)16)18-14(19)11-4-3-9(15)7-17-11/h3-7H,1-2H3,(H,18,19). The van der Waals surface area contributed by atoms with Gasteiger partial charge in [-0.15, -0.1) is 0 Å². The molecule has 6 heteroatoms. The van der Waals surface area contributed by atoms with Crippen molar-refractivity contribution in [2.24, 2.45) is 0 Å². The second-order valence-electron chi connectivity index (χ2n) is 4.12. The van der Waals surface area contributed by atoms with E-state index in [0.29, 0.717) is 22.2 Å². The van der Waals surface area contributed by atoms with Crippen LogP contribution in [0.15, 0.2) is 34.9 Å². The highest BCUT2D eigenvalue weighted by atomic mass is 79.9. The van der Waals surface area contributed by atoms with Crippen LogP contribution in [-0.4, -0.2) is 18.0 Å². The lowest BCUT2D eigenvalue weighted by Gasteiger charge is -2.12. The highest BCUT2D eigenvalue weighted by Crippen LogP contribution is 2.31. The van der Waals surface area contributed by atoms with E-state index in [9.17, 15) is 4.79 Å². The molecule has 1 aromatic heterocycles. The van der Waals surface area contributed by atoms with Crippen molar-refractivity contribution in [2.45, 2.75) is 6.92 Å². The number of aryl methyl sites for hydroxylation is 1. The van der Waals surface area contributed by atoms with Crippen LogP contribution in [0, 0.1) is 6.92 Å². The molecule has 0 saturated carbocycles. The van der Waals surface area contributed by atoms with Gasteiger partial charge in [-0.1, -0.05) is 11.6 Å². The SMILES string of the molecule is COc1cc(Cl)c(C)cc1NC(=O)c1ccc(Br)cn1. The average molecular weight is 356 g/mol. The number of amides is 1. The highest BCUT2D eigenvalue weighted by Gasteiger charge is 2.12. The van der Waals surface area contributed by atoms with E-state index in [1.165, 1.54) is 7.11 Å². The number of nitrogens with zero attached hydrogens (tertiary/aromatic N) is 1. The van der Waals surface area contributed by atoms with E-state index >= 15 is 0 Å². The number of halogens is 2. The molecule has 1 aromatic carbocycles. The molecule has 0 unspecified atom stereocenters. The van der Waals surface area contributed by atoms with Crippen LogP contribution in [0.25, 0.3) is 0 Å². The number of pyridine rings is 1. The summed E-state index contributed by atoms with van der Waals surface area (Å²) in [6.45, 7) is 1.86. The van der Waals surface area contributed by atoms with Crippen LogP contribution < -0.4 is 10.1 Å². The van der Waals surface area contributed by atoms with Gasteiger partial charge in [-0.3, -0.25) is 4.79 Å². The zero-order chi connectivity index (χ0) is 14.7. The Bertz CT molecular complexity index is 644. The molecule has 0 aliphatic carbocycles. The van der Waals surface area contributed by atoms with Crippen molar-refractivity contribution in [3.05, 3.63) is 51.2 Å². The van der Waals surface area contributed by atoms with Crippen LogP contribution >= 0.6 is 27.5 Å². The summed E-state index contributed by atoms with van der Waals surface area (Å²) in [6, 6.07) is 6.82. The van der Waals surface area contributed by atoms with Gasteiger partial charge in [0.1, 0.15) is 11.4 Å². The summed E-state index contributed by atoms with van der Waals surface area (Å²) in [5.74, 6) is 0.198. The Kier molecular flexibility index (Phi) is 4.62. The maximum Gasteiger partial charge on any atom is 0.274 e. The van der Waals surface area contributed by atoms with Crippen molar-refractivity contribution in [3.63, 3.8) is 0 Å². The van der Waals surface area contributed by atoms with Crippen LogP contribution in [0.3, 0.4) is 0 Å². The van der Waals surface area contributed by atoms with Gasteiger partial charge >= 0.3 is 0 Å². The number of hydrogen-bond donors (Lipinski definition) is 1. The van der Waals surface area contributed by atoms with Crippen LogP contribution in [0.4, 0.5) is 5.69 Å². The molecule has 1 N–H and O–H groups in total. The van der Waals surface area contributed by atoms with E-state index in [-0.39, 0.29) is 5.91 Å². The van der Waals surface area contributed by atoms with Crippen molar-refractivity contribution >= 4 is 39.1 Å². The Labute approximate surface area is 130 Å². The van der Waals surface area contributed by atoms with Gasteiger partial charge in [0.25, 0.3) is 5.91 Å². The third-order valence-electron chi connectivity index (χ3n) is 2.69. The smallest absolute Gasteiger partial charge is 0.274 e. The predicted octanol–water partition coefficient (Wildman–Crippen LogP) is 4.07. The van der Waals surface area contributed by atoms with Gasteiger partial charge in [-0.25, -0.2) is 4.98 Å². The summed E-state index contributed by atoms with van der Waals surface area (Å²) in [6.07, 6.45) is 1.57. The molecule has 2 rings (SSSR count). The molecule has 0 fully saturated rings. The Morgan fingerprint density at radius 3 is 2.75 bits per heavy atom. The van der Waals surface area contributed by atoms with Crippen molar-refractivity contribution in [3.8, 4) is 5.75 Å². The summed E-state index contributed by atoms with van der Waals surface area (Å²) < 4.78 is 6.02. The molecule has 1 heterocycles. The molecule has 0 bridgehead atoms. The topological polar surface area (TPSA) is 51.2 Å². The van der Waals surface area contributed by atoms with E-state index < -0.39 is 0 Å². The molecular formula is C14H12BrClN2O2. The molecule has 0 radical (unpaired) electrons. The van der Waals surface area contributed by atoms with Gasteiger partial charge in [0.15, 0.2) is 0 Å². The average Bonchev–Trinajstić information content (AvgIpc) is 2.43. The zero-order valence-corrected chi connectivity index (χ0v) is 13.2. The third kappa shape index (κ3) is 3.29.